The molecule has 0 amide bonds. The second-order valence-electron chi connectivity index (χ2n) is 4.30. The summed E-state index contributed by atoms with van der Waals surface area (Å²) in [5.41, 5.74) is 1.87. The van der Waals surface area contributed by atoms with Crippen molar-refractivity contribution in [1.29, 1.82) is 0 Å². The van der Waals surface area contributed by atoms with Crippen LogP contribution in [0.25, 0.3) is 10.9 Å². The van der Waals surface area contributed by atoms with Crippen molar-refractivity contribution in [3.05, 3.63) is 64.8 Å². The number of benzene rings is 2. The van der Waals surface area contributed by atoms with Gasteiger partial charge in [0.25, 0.3) is 0 Å². The van der Waals surface area contributed by atoms with Gasteiger partial charge in [0.2, 0.25) is 0 Å². The highest BCUT2D eigenvalue weighted by Crippen LogP contribution is 2.32. The van der Waals surface area contributed by atoms with E-state index in [4.69, 9.17) is 4.74 Å². The lowest BCUT2D eigenvalue weighted by Gasteiger charge is -2.10. The fraction of sp³-hybridized carbons (Fsp3) is 0.0625. The van der Waals surface area contributed by atoms with Gasteiger partial charge in [-0.2, -0.15) is 0 Å². The van der Waals surface area contributed by atoms with Gasteiger partial charge in [0.15, 0.2) is 0 Å². The van der Waals surface area contributed by atoms with Crippen molar-refractivity contribution >= 4 is 26.8 Å². The largest absolute Gasteiger partial charge is 0.454 e. The van der Waals surface area contributed by atoms with Gasteiger partial charge >= 0.3 is 0 Å². The lowest BCUT2D eigenvalue weighted by molar-refractivity contribution is 0.474. The third-order valence-corrected chi connectivity index (χ3v) is 3.58. The van der Waals surface area contributed by atoms with E-state index in [1.165, 1.54) is 0 Å². The molecule has 3 rings (SSSR count). The molecule has 94 valence electrons. The fourth-order valence-corrected chi connectivity index (χ4v) is 2.31. The van der Waals surface area contributed by atoms with Crippen LogP contribution in [0, 0.1) is 6.92 Å². The van der Waals surface area contributed by atoms with Crippen molar-refractivity contribution < 1.29 is 4.74 Å². The van der Waals surface area contributed by atoms with E-state index >= 15 is 0 Å². The third-order valence-electron chi connectivity index (χ3n) is 2.92. The monoisotopic (exact) mass is 313 g/mol. The number of ether oxygens (including phenoxy) is 1. The van der Waals surface area contributed by atoms with Crippen LogP contribution in [-0.4, -0.2) is 4.98 Å². The standard InChI is InChI=1S/C16H12BrNO/c1-11-16(19-15-9-5-3-7-13(15)17)10-12-6-2-4-8-14(12)18-11/h2-10H,1H3. The predicted molar refractivity (Wildman–Crippen MR) is 80.7 cm³/mol. The first-order chi connectivity index (χ1) is 9.24. The number of pyridine rings is 1. The summed E-state index contributed by atoms with van der Waals surface area (Å²) in [5.74, 6) is 1.58. The van der Waals surface area contributed by atoms with E-state index in [2.05, 4.69) is 20.9 Å². The molecule has 0 aliphatic rings. The summed E-state index contributed by atoms with van der Waals surface area (Å²) in [7, 11) is 0. The van der Waals surface area contributed by atoms with Gasteiger partial charge in [-0.3, -0.25) is 0 Å². The van der Waals surface area contributed by atoms with E-state index in [1.807, 2.05) is 61.5 Å². The maximum Gasteiger partial charge on any atom is 0.149 e. The Kier molecular flexibility index (Phi) is 3.22. The van der Waals surface area contributed by atoms with Crippen LogP contribution < -0.4 is 4.74 Å². The Labute approximate surface area is 120 Å². The summed E-state index contributed by atoms with van der Waals surface area (Å²) in [4.78, 5) is 4.56. The zero-order chi connectivity index (χ0) is 13.2. The van der Waals surface area contributed by atoms with Crippen LogP contribution in [0.3, 0.4) is 0 Å². The van der Waals surface area contributed by atoms with Crippen molar-refractivity contribution in [3.8, 4) is 11.5 Å². The summed E-state index contributed by atoms with van der Waals surface area (Å²) in [5, 5.41) is 1.08. The number of fused-ring (bicyclic) bond motifs is 1. The summed E-state index contributed by atoms with van der Waals surface area (Å²) < 4.78 is 6.87. The summed E-state index contributed by atoms with van der Waals surface area (Å²) in [6.07, 6.45) is 0. The Morgan fingerprint density at radius 2 is 1.68 bits per heavy atom. The molecule has 1 heterocycles. The minimum atomic E-state index is 0.783. The van der Waals surface area contributed by atoms with Gasteiger partial charge in [-0.1, -0.05) is 30.3 Å². The number of halogens is 1. The number of nitrogens with zero attached hydrogens (tertiary/aromatic N) is 1. The molecule has 0 radical (unpaired) electrons. The van der Waals surface area contributed by atoms with Crippen molar-refractivity contribution in [3.63, 3.8) is 0 Å². The smallest absolute Gasteiger partial charge is 0.149 e. The van der Waals surface area contributed by atoms with E-state index in [0.29, 0.717) is 0 Å². The van der Waals surface area contributed by atoms with Gasteiger partial charge in [-0.25, -0.2) is 4.98 Å². The molecule has 3 heteroatoms. The Balaban J connectivity index is 2.06. The summed E-state index contributed by atoms with van der Waals surface area (Å²) in [6.45, 7) is 1.96. The Hall–Kier alpha value is -1.87. The quantitative estimate of drug-likeness (QED) is 0.656. The second kappa shape index (κ2) is 5.02. The van der Waals surface area contributed by atoms with E-state index in [1.54, 1.807) is 0 Å². The van der Waals surface area contributed by atoms with Crippen LogP contribution in [0.4, 0.5) is 0 Å². The number of hydrogen-bond acceptors (Lipinski definition) is 2. The molecule has 0 aliphatic carbocycles. The van der Waals surface area contributed by atoms with Gasteiger partial charge in [-0.15, -0.1) is 0 Å². The summed E-state index contributed by atoms with van der Waals surface area (Å²) in [6, 6.07) is 17.9. The molecule has 0 unspecified atom stereocenters. The number of rotatable bonds is 2. The minimum Gasteiger partial charge on any atom is -0.454 e. The number of para-hydroxylation sites is 2. The SMILES string of the molecule is Cc1nc2ccccc2cc1Oc1ccccc1Br. The van der Waals surface area contributed by atoms with Crippen LogP contribution in [-0.2, 0) is 0 Å². The maximum atomic E-state index is 5.94. The number of aromatic nitrogens is 1. The van der Waals surface area contributed by atoms with Crippen LogP contribution in [0.5, 0.6) is 11.5 Å². The zero-order valence-corrected chi connectivity index (χ0v) is 12.0. The van der Waals surface area contributed by atoms with Gasteiger partial charge in [-0.05, 0) is 47.1 Å². The molecule has 3 aromatic rings. The third kappa shape index (κ3) is 2.47. The van der Waals surface area contributed by atoms with Crippen LogP contribution in [0.1, 0.15) is 5.69 Å². The summed E-state index contributed by atoms with van der Waals surface area (Å²) >= 11 is 3.48. The van der Waals surface area contributed by atoms with Gasteiger partial charge in [0.1, 0.15) is 11.5 Å². The van der Waals surface area contributed by atoms with Crippen LogP contribution in [0.2, 0.25) is 0 Å². The zero-order valence-electron chi connectivity index (χ0n) is 10.4. The van der Waals surface area contributed by atoms with Gasteiger partial charge < -0.3 is 4.74 Å². The van der Waals surface area contributed by atoms with Gasteiger partial charge in [0, 0.05) is 5.39 Å². The molecule has 0 spiro atoms. The molecule has 0 bridgehead atoms. The molecule has 0 fully saturated rings. The molecule has 0 saturated carbocycles. The average molecular weight is 314 g/mol. The highest BCUT2D eigenvalue weighted by molar-refractivity contribution is 9.10. The molecule has 0 saturated heterocycles. The Bertz CT molecular complexity index is 740. The molecule has 1 aromatic heterocycles. The first-order valence-corrected chi connectivity index (χ1v) is 6.82. The first-order valence-electron chi connectivity index (χ1n) is 6.03. The van der Waals surface area contributed by atoms with E-state index in [-0.39, 0.29) is 0 Å². The molecular weight excluding hydrogens is 302 g/mol. The highest BCUT2D eigenvalue weighted by Gasteiger charge is 2.07. The number of hydrogen-bond donors (Lipinski definition) is 0. The molecule has 0 N–H and O–H groups in total. The van der Waals surface area contributed by atoms with E-state index in [0.717, 1.165) is 32.6 Å². The topological polar surface area (TPSA) is 22.1 Å². The molecule has 0 aliphatic heterocycles. The maximum absolute atomic E-state index is 5.94. The number of aryl methyl sites for hydroxylation is 1. The highest BCUT2D eigenvalue weighted by atomic mass is 79.9. The van der Waals surface area contributed by atoms with Crippen LogP contribution >= 0.6 is 15.9 Å². The first kappa shape index (κ1) is 12.2. The molecule has 2 aromatic carbocycles. The van der Waals surface area contributed by atoms with Crippen molar-refractivity contribution in [2.75, 3.05) is 0 Å². The molecule has 19 heavy (non-hydrogen) atoms. The van der Waals surface area contributed by atoms with Crippen molar-refractivity contribution in [2.45, 2.75) is 6.92 Å². The lowest BCUT2D eigenvalue weighted by Crippen LogP contribution is -1.92. The molecular formula is C16H12BrNO. The predicted octanol–water partition coefficient (Wildman–Crippen LogP) is 5.10. The lowest BCUT2D eigenvalue weighted by atomic mass is 10.2. The Morgan fingerprint density at radius 1 is 0.947 bits per heavy atom. The van der Waals surface area contributed by atoms with Crippen molar-refractivity contribution in [2.24, 2.45) is 0 Å². The fourth-order valence-electron chi connectivity index (χ4n) is 1.94. The molecule has 2 nitrogen and oxygen atoms in total. The minimum absolute atomic E-state index is 0.783. The van der Waals surface area contributed by atoms with E-state index in [9.17, 15) is 0 Å². The Morgan fingerprint density at radius 3 is 2.53 bits per heavy atom. The van der Waals surface area contributed by atoms with Gasteiger partial charge in [0.05, 0.1) is 15.7 Å². The van der Waals surface area contributed by atoms with Crippen molar-refractivity contribution in [1.82, 2.24) is 4.98 Å². The average Bonchev–Trinajstić information content (AvgIpc) is 2.42. The molecule has 0 atom stereocenters. The normalized spacial score (nSPS) is 10.6. The van der Waals surface area contributed by atoms with Crippen LogP contribution in [0.15, 0.2) is 59.1 Å². The second-order valence-corrected chi connectivity index (χ2v) is 5.15. The van der Waals surface area contributed by atoms with E-state index < -0.39 is 0 Å².